The highest BCUT2D eigenvalue weighted by atomic mass is 35.5. The lowest BCUT2D eigenvalue weighted by atomic mass is 10.0. The second-order valence-electron chi connectivity index (χ2n) is 8.13. The van der Waals surface area contributed by atoms with Crippen LogP contribution in [0.4, 0.5) is 24.7 Å². The summed E-state index contributed by atoms with van der Waals surface area (Å²) in [5.74, 6) is -4.85. The van der Waals surface area contributed by atoms with Crippen LogP contribution in [-0.2, 0) is 14.8 Å². The maximum absolute atomic E-state index is 15.1. The van der Waals surface area contributed by atoms with E-state index in [2.05, 4.69) is 4.98 Å². The zero-order valence-corrected chi connectivity index (χ0v) is 20.4. The predicted molar refractivity (Wildman–Crippen MR) is 118 cm³/mol. The number of sulfonamides is 1. The zero-order chi connectivity index (χ0) is 28.0. The van der Waals surface area contributed by atoms with E-state index in [0.29, 0.717) is 6.07 Å². The lowest BCUT2D eigenvalue weighted by Gasteiger charge is -2.41. The second kappa shape index (κ2) is 10.1. The van der Waals surface area contributed by atoms with Gasteiger partial charge in [-0.15, -0.1) is 4.90 Å². The van der Waals surface area contributed by atoms with Crippen molar-refractivity contribution in [3.8, 4) is 0 Å². The fourth-order valence-corrected chi connectivity index (χ4v) is 5.28. The van der Waals surface area contributed by atoms with Crippen molar-refractivity contribution in [2.75, 3.05) is 36.4 Å². The molecule has 1 fully saturated rings. The fourth-order valence-electron chi connectivity index (χ4n) is 3.81. The summed E-state index contributed by atoms with van der Waals surface area (Å²) in [5, 5.41) is 55.5. The van der Waals surface area contributed by atoms with Crippen LogP contribution in [-0.4, -0.2) is 93.5 Å². The predicted octanol–water partition coefficient (Wildman–Crippen LogP) is -0.973. The topological polar surface area (TPSA) is 196 Å². The Kier molecular flexibility index (Phi) is 7.98. The van der Waals surface area contributed by atoms with Crippen molar-refractivity contribution in [2.45, 2.75) is 29.1 Å². The molecule has 37 heavy (non-hydrogen) atoms. The number of pyridine rings is 1. The number of aliphatic hydroxyl groups is 6. The van der Waals surface area contributed by atoms with Gasteiger partial charge in [-0.2, -0.15) is 4.39 Å². The summed E-state index contributed by atoms with van der Waals surface area (Å²) in [7, 11) is -3.84. The molecule has 1 saturated heterocycles. The van der Waals surface area contributed by atoms with Gasteiger partial charge in [0.25, 0.3) is 10.0 Å². The van der Waals surface area contributed by atoms with Gasteiger partial charge in [0.15, 0.2) is 10.7 Å². The van der Waals surface area contributed by atoms with Crippen molar-refractivity contribution in [3.05, 3.63) is 46.9 Å². The molecular weight excluding hydrogens is 553 g/mol. The smallest absolute Gasteiger partial charge is 0.352 e. The Morgan fingerprint density at radius 1 is 1.19 bits per heavy atom. The molecule has 0 saturated carbocycles. The molecular formula is C19H22ClF3N4O9S. The molecule has 7 N–H and O–H groups in total. The Balaban J connectivity index is 1.93. The molecule has 18 heteroatoms. The number of nitrogens with one attached hydrogen (secondary N) is 1. The van der Waals surface area contributed by atoms with E-state index in [0.717, 1.165) is 25.3 Å². The summed E-state index contributed by atoms with van der Waals surface area (Å²) in [6, 6.07) is 3.68. The average molecular weight is 575 g/mol. The largest absolute Gasteiger partial charge is 0.375 e. The Morgan fingerprint density at radius 3 is 2.35 bits per heavy atom. The van der Waals surface area contributed by atoms with Crippen LogP contribution in [0.3, 0.4) is 0 Å². The van der Waals surface area contributed by atoms with Gasteiger partial charge in [0.05, 0.1) is 5.69 Å². The fraction of sp³-hybridized carbons (Fsp3) is 0.421. The monoisotopic (exact) mass is 574 g/mol. The van der Waals surface area contributed by atoms with Crippen LogP contribution in [0.25, 0.3) is 0 Å². The maximum atomic E-state index is 15.1. The minimum absolute atomic E-state index is 0.0948. The Hall–Kier alpha value is -2.32. The number of hydrogen-bond donors (Lipinski definition) is 7. The molecule has 0 radical (unpaired) electrons. The van der Waals surface area contributed by atoms with E-state index in [4.69, 9.17) is 16.3 Å². The third-order valence-electron chi connectivity index (χ3n) is 5.58. The van der Waals surface area contributed by atoms with Gasteiger partial charge in [0, 0.05) is 32.8 Å². The van der Waals surface area contributed by atoms with Crippen LogP contribution in [0, 0.1) is 17.6 Å². The number of hydrogen-bond acceptors (Lipinski definition) is 12. The van der Waals surface area contributed by atoms with Crippen LogP contribution in [0.15, 0.2) is 29.2 Å². The van der Waals surface area contributed by atoms with E-state index >= 15 is 4.39 Å². The summed E-state index contributed by atoms with van der Waals surface area (Å²) in [6.07, 6.45) is -7.95. The number of anilines is 2. The van der Waals surface area contributed by atoms with Crippen molar-refractivity contribution in [1.29, 1.82) is 0 Å². The average Bonchev–Trinajstić information content (AvgIpc) is 3.17. The summed E-state index contributed by atoms with van der Waals surface area (Å²) in [6.45, 7) is -1.41. The number of halogens is 4. The van der Waals surface area contributed by atoms with Gasteiger partial charge in [-0.25, -0.2) is 22.2 Å². The van der Waals surface area contributed by atoms with E-state index < -0.39 is 67.7 Å². The van der Waals surface area contributed by atoms with Gasteiger partial charge in [-0.1, -0.05) is 17.7 Å². The van der Waals surface area contributed by atoms with E-state index in [9.17, 15) is 47.8 Å². The molecule has 1 aliphatic heterocycles. The Bertz CT molecular complexity index is 1260. The minimum atomic E-state index is -4.96. The SMILES string of the molecule is CO[C@@]1(CN(C(O)(O)O)C(O)(O)O)CCN(c2cc(F)c(S(=O)(=O)Nc3cccc(F)n3)c(F)c2Cl)C1. The molecule has 0 aliphatic carbocycles. The Labute approximate surface area is 212 Å². The van der Waals surface area contributed by atoms with Gasteiger partial charge >= 0.3 is 12.2 Å². The van der Waals surface area contributed by atoms with Crippen LogP contribution >= 0.6 is 11.6 Å². The highest BCUT2D eigenvalue weighted by Gasteiger charge is 2.51. The highest BCUT2D eigenvalue weighted by molar-refractivity contribution is 7.92. The molecule has 2 aromatic rings. The van der Waals surface area contributed by atoms with Gasteiger partial charge < -0.3 is 40.3 Å². The van der Waals surface area contributed by atoms with E-state index in [-0.39, 0.29) is 30.1 Å². The van der Waals surface area contributed by atoms with Gasteiger partial charge in [0.1, 0.15) is 22.3 Å². The molecule has 1 aromatic carbocycles. The third kappa shape index (κ3) is 6.23. The minimum Gasteiger partial charge on any atom is -0.375 e. The van der Waals surface area contributed by atoms with E-state index in [1.165, 1.54) is 4.90 Å². The first kappa shape index (κ1) is 29.2. The number of methoxy groups -OCH3 is 1. The van der Waals surface area contributed by atoms with Crippen LogP contribution in [0.1, 0.15) is 6.42 Å². The van der Waals surface area contributed by atoms with Crippen molar-refractivity contribution < 1.29 is 57.0 Å². The second-order valence-corrected chi connectivity index (χ2v) is 10.1. The molecule has 1 aliphatic rings. The summed E-state index contributed by atoms with van der Waals surface area (Å²) in [4.78, 5) is 2.65. The summed E-state index contributed by atoms with van der Waals surface area (Å²) in [5.41, 5.74) is -1.96. The molecule has 0 spiro atoms. The van der Waals surface area contributed by atoms with Gasteiger partial charge in [-0.3, -0.25) is 4.72 Å². The first-order chi connectivity index (χ1) is 16.9. The Morgan fingerprint density at radius 2 is 1.81 bits per heavy atom. The molecule has 0 unspecified atom stereocenters. The quantitative estimate of drug-likeness (QED) is 0.110. The first-order valence-electron chi connectivity index (χ1n) is 10.2. The van der Waals surface area contributed by atoms with Crippen molar-refractivity contribution in [3.63, 3.8) is 0 Å². The molecule has 206 valence electrons. The van der Waals surface area contributed by atoms with Crippen LogP contribution < -0.4 is 9.62 Å². The van der Waals surface area contributed by atoms with Crippen molar-refractivity contribution in [1.82, 2.24) is 9.88 Å². The number of ether oxygens (including phenoxy) is 1. The lowest BCUT2D eigenvalue weighted by Crippen LogP contribution is -2.65. The number of nitrogens with zero attached hydrogens (tertiary/aromatic N) is 3. The number of rotatable bonds is 9. The van der Waals surface area contributed by atoms with Crippen LogP contribution in [0.2, 0.25) is 5.02 Å². The highest BCUT2D eigenvalue weighted by Crippen LogP contribution is 2.39. The van der Waals surface area contributed by atoms with Crippen LogP contribution in [0.5, 0.6) is 0 Å². The molecule has 3 rings (SSSR count). The van der Waals surface area contributed by atoms with Crippen molar-refractivity contribution in [2.24, 2.45) is 0 Å². The lowest BCUT2D eigenvalue weighted by molar-refractivity contribution is -0.513. The van der Waals surface area contributed by atoms with Crippen molar-refractivity contribution >= 4 is 33.1 Å². The zero-order valence-electron chi connectivity index (χ0n) is 18.8. The van der Waals surface area contributed by atoms with E-state index in [1.54, 1.807) is 4.72 Å². The molecule has 1 aromatic heterocycles. The molecule has 2 heterocycles. The summed E-state index contributed by atoms with van der Waals surface area (Å²) < 4.78 is 75.6. The molecule has 13 nitrogen and oxygen atoms in total. The third-order valence-corrected chi connectivity index (χ3v) is 7.33. The van der Waals surface area contributed by atoms with Gasteiger partial charge in [-0.05, 0) is 18.6 Å². The molecule has 0 amide bonds. The maximum Gasteiger partial charge on any atom is 0.352 e. The molecule has 1 atom stereocenters. The van der Waals surface area contributed by atoms with E-state index in [1.807, 2.05) is 0 Å². The number of aromatic nitrogens is 1. The number of benzene rings is 1. The normalized spacial score (nSPS) is 19.1. The van der Waals surface area contributed by atoms with Gasteiger partial charge in [0.2, 0.25) is 5.95 Å². The first-order valence-corrected chi connectivity index (χ1v) is 12.0. The summed E-state index contributed by atoms with van der Waals surface area (Å²) >= 11 is 6.03. The molecule has 0 bridgehead atoms. The standard InChI is InChI=1S/C19H22ClF3N4O9S/c1-36-17(9-27(18(28,29)30)19(31,32)33)5-6-26(8-17)11-7-10(21)16(15(23)14(11)20)37(34,35)25-13-4-2-3-12(22)24-13/h2-4,7,28-33H,5-6,8-9H2,1H3,(H,24,25)/t17-/m0/s1.